The van der Waals surface area contributed by atoms with E-state index in [0.717, 1.165) is 24.3 Å². The second kappa shape index (κ2) is 6.12. The van der Waals surface area contributed by atoms with Gasteiger partial charge in [-0.3, -0.25) is 0 Å². The summed E-state index contributed by atoms with van der Waals surface area (Å²) in [5.74, 6) is -0.514. The van der Waals surface area contributed by atoms with Crippen LogP contribution in [0.3, 0.4) is 0 Å². The number of aliphatic hydroxyl groups excluding tert-OH is 1. The molecule has 7 heteroatoms. The van der Waals surface area contributed by atoms with Crippen molar-refractivity contribution in [2.45, 2.75) is 39.7 Å². The van der Waals surface area contributed by atoms with Gasteiger partial charge in [0.25, 0.3) is 0 Å². The highest BCUT2D eigenvalue weighted by molar-refractivity contribution is 7.16. The van der Waals surface area contributed by atoms with Crippen LogP contribution >= 0.6 is 11.3 Å². The molecule has 2 aromatic rings. The molecule has 0 amide bonds. The van der Waals surface area contributed by atoms with E-state index in [1.54, 1.807) is 11.4 Å². The lowest BCUT2D eigenvalue weighted by Crippen LogP contribution is -2.09. The molecule has 0 aliphatic rings. The number of unbranched alkanes of at least 4 members (excludes halogenated alkanes) is 1. The molecule has 0 atom stereocenters. The molecule has 2 heterocycles. The summed E-state index contributed by atoms with van der Waals surface area (Å²) < 4.78 is 6.46. The summed E-state index contributed by atoms with van der Waals surface area (Å²) in [6.07, 6.45) is 3.06. The first-order valence-corrected chi connectivity index (χ1v) is 7.18. The molecule has 6 nitrogen and oxygen atoms in total. The van der Waals surface area contributed by atoms with E-state index >= 15 is 0 Å². The Morgan fingerprint density at radius 3 is 2.89 bits per heavy atom. The van der Waals surface area contributed by atoms with Crippen LogP contribution in [0.15, 0.2) is 0 Å². The fourth-order valence-corrected chi connectivity index (χ4v) is 2.72. The van der Waals surface area contributed by atoms with Crippen molar-refractivity contribution in [2.75, 3.05) is 6.61 Å². The number of carbonyl (C=O) groups excluding carboxylic acids is 1. The Labute approximate surface area is 115 Å². The van der Waals surface area contributed by atoms with Crippen LogP contribution in [0.25, 0.3) is 4.96 Å². The molecule has 19 heavy (non-hydrogen) atoms. The number of rotatable bonds is 6. The minimum atomic E-state index is -0.514. The van der Waals surface area contributed by atoms with Crippen LogP contribution in [0.2, 0.25) is 0 Å². The van der Waals surface area contributed by atoms with Crippen molar-refractivity contribution in [2.24, 2.45) is 0 Å². The summed E-state index contributed by atoms with van der Waals surface area (Å²) in [4.78, 5) is 16.6. The zero-order valence-electron chi connectivity index (χ0n) is 11.0. The van der Waals surface area contributed by atoms with Gasteiger partial charge in [0.2, 0.25) is 4.96 Å². The fraction of sp³-hybridized carbons (Fsp3) is 0.583. The van der Waals surface area contributed by atoms with Gasteiger partial charge in [-0.1, -0.05) is 24.7 Å². The molecule has 0 unspecified atom stereocenters. The number of fused-ring (bicyclic) bond motifs is 1. The average Bonchev–Trinajstić information content (AvgIpc) is 2.92. The number of hydrogen-bond donors (Lipinski definition) is 1. The maximum atomic E-state index is 11.7. The van der Waals surface area contributed by atoms with Crippen molar-refractivity contribution < 1.29 is 14.6 Å². The average molecular weight is 283 g/mol. The van der Waals surface area contributed by atoms with Crippen LogP contribution in [-0.2, 0) is 17.8 Å². The molecule has 1 N–H and O–H groups in total. The molecule has 0 aliphatic heterocycles. The van der Waals surface area contributed by atoms with Gasteiger partial charge in [-0.05, 0) is 13.3 Å². The van der Waals surface area contributed by atoms with E-state index < -0.39 is 5.97 Å². The first kappa shape index (κ1) is 14.0. The van der Waals surface area contributed by atoms with Crippen LogP contribution < -0.4 is 0 Å². The molecule has 2 aromatic heterocycles. The van der Waals surface area contributed by atoms with E-state index in [-0.39, 0.29) is 18.9 Å². The van der Waals surface area contributed by atoms with E-state index in [4.69, 9.17) is 4.74 Å². The summed E-state index contributed by atoms with van der Waals surface area (Å²) in [5.41, 5.74) is 0.553. The SMILES string of the molecule is CCCCc1nn2c(CO)c(C(=O)OCC)nc2s1. The van der Waals surface area contributed by atoms with Crippen molar-refractivity contribution >= 4 is 22.3 Å². The Hall–Kier alpha value is -1.47. The molecule has 0 radical (unpaired) electrons. The Bertz CT molecular complexity index is 576. The lowest BCUT2D eigenvalue weighted by molar-refractivity contribution is 0.0516. The molecule has 0 aliphatic carbocycles. The molecule has 104 valence electrons. The Kier molecular flexibility index (Phi) is 4.49. The number of aliphatic hydroxyl groups is 1. The van der Waals surface area contributed by atoms with E-state index in [2.05, 4.69) is 17.0 Å². The van der Waals surface area contributed by atoms with Crippen LogP contribution in [0.1, 0.15) is 47.9 Å². The van der Waals surface area contributed by atoms with E-state index in [1.807, 2.05) is 0 Å². The highest BCUT2D eigenvalue weighted by Gasteiger charge is 2.22. The van der Waals surface area contributed by atoms with Gasteiger partial charge in [0.15, 0.2) is 5.69 Å². The number of carbonyl (C=O) groups is 1. The highest BCUT2D eigenvalue weighted by Crippen LogP contribution is 2.21. The van der Waals surface area contributed by atoms with Crippen molar-refractivity contribution in [3.63, 3.8) is 0 Å². The number of nitrogens with zero attached hydrogens (tertiary/aromatic N) is 3. The van der Waals surface area contributed by atoms with E-state index in [0.29, 0.717) is 10.7 Å². The first-order chi connectivity index (χ1) is 9.21. The lowest BCUT2D eigenvalue weighted by atomic mass is 10.3. The third-order valence-corrected chi connectivity index (χ3v) is 3.67. The van der Waals surface area contributed by atoms with Gasteiger partial charge >= 0.3 is 5.97 Å². The molecular weight excluding hydrogens is 266 g/mol. The summed E-state index contributed by atoms with van der Waals surface area (Å²) in [6, 6.07) is 0. The molecule has 0 saturated heterocycles. The maximum absolute atomic E-state index is 11.7. The monoisotopic (exact) mass is 283 g/mol. The molecule has 2 rings (SSSR count). The smallest absolute Gasteiger partial charge is 0.359 e. The number of imidazole rings is 1. The number of esters is 1. The Balaban J connectivity index is 2.35. The summed E-state index contributed by atoms with van der Waals surface area (Å²) in [6.45, 7) is 3.85. The number of ether oxygens (including phenoxy) is 1. The van der Waals surface area contributed by atoms with Gasteiger partial charge in [-0.25, -0.2) is 14.3 Å². The molecular formula is C12H17N3O3S. The molecule has 0 saturated carbocycles. The van der Waals surface area contributed by atoms with E-state index in [9.17, 15) is 9.90 Å². The zero-order chi connectivity index (χ0) is 13.8. The third-order valence-electron chi connectivity index (χ3n) is 2.70. The summed E-state index contributed by atoms with van der Waals surface area (Å²) in [5, 5.41) is 14.8. The Morgan fingerprint density at radius 2 is 2.26 bits per heavy atom. The first-order valence-electron chi connectivity index (χ1n) is 6.36. The largest absolute Gasteiger partial charge is 0.461 e. The van der Waals surface area contributed by atoms with Crippen LogP contribution in [-0.4, -0.2) is 32.3 Å². The molecule has 0 bridgehead atoms. The summed E-state index contributed by atoms with van der Waals surface area (Å²) >= 11 is 1.44. The van der Waals surface area contributed by atoms with Crippen molar-refractivity contribution in [3.05, 3.63) is 16.4 Å². The van der Waals surface area contributed by atoms with Gasteiger partial charge in [-0.15, -0.1) is 0 Å². The van der Waals surface area contributed by atoms with Gasteiger partial charge in [0.05, 0.1) is 13.2 Å². The predicted molar refractivity (Wildman–Crippen MR) is 71.4 cm³/mol. The minimum absolute atomic E-state index is 0.158. The maximum Gasteiger partial charge on any atom is 0.359 e. The quantitative estimate of drug-likeness (QED) is 0.818. The van der Waals surface area contributed by atoms with Gasteiger partial charge in [0, 0.05) is 6.42 Å². The van der Waals surface area contributed by atoms with E-state index in [1.165, 1.54) is 11.3 Å². The molecule has 0 aromatic carbocycles. The van der Waals surface area contributed by atoms with Crippen LogP contribution in [0.4, 0.5) is 0 Å². The zero-order valence-corrected chi connectivity index (χ0v) is 11.9. The second-order valence-corrected chi connectivity index (χ2v) is 5.12. The molecule has 0 spiro atoms. The fourth-order valence-electron chi connectivity index (χ4n) is 1.76. The van der Waals surface area contributed by atoms with Crippen LogP contribution in [0.5, 0.6) is 0 Å². The molecule has 0 fully saturated rings. The van der Waals surface area contributed by atoms with Gasteiger partial charge < -0.3 is 9.84 Å². The van der Waals surface area contributed by atoms with Crippen LogP contribution in [0, 0.1) is 0 Å². The standard InChI is InChI=1S/C12H17N3O3S/c1-3-5-6-9-14-15-8(7-16)10(11(17)18-4-2)13-12(15)19-9/h16H,3-7H2,1-2H3. The normalized spacial score (nSPS) is 11.1. The van der Waals surface area contributed by atoms with Gasteiger partial charge in [0.1, 0.15) is 10.7 Å². The summed E-state index contributed by atoms with van der Waals surface area (Å²) in [7, 11) is 0. The second-order valence-electron chi connectivity index (χ2n) is 4.08. The third kappa shape index (κ3) is 2.76. The van der Waals surface area contributed by atoms with Gasteiger partial charge in [-0.2, -0.15) is 5.10 Å². The number of aromatic nitrogens is 3. The Morgan fingerprint density at radius 1 is 1.47 bits per heavy atom. The lowest BCUT2D eigenvalue weighted by Gasteiger charge is -2.00. The topological polar surface area (TPSA) is 76.7 Å². The minimum Gasteiger partial charge on any atom is -0.461 e. The predicted octanol–water partition coefficient (Wildman–Crippen LogP) is 1.80. The highest BCUT2D eigenvalue weighted by atomic mass is 32.1. The van der Waals surface area contributed by atoms with Crippen molar-refractivity contribution in [1.82, 2.24) is 14.6 Å². The van der Waals surface area contributed by atoms with Crippen molar-refractivity contribution in [1.29, 1.82) is 0 Å². The van der Waals surface area contributed by atoms with Crippen molar-refractivity contribution in [3.8, 4) is 0 Å². The number of hydrogen-bond acceptors (Lipinski definition) is 6. The number of aryl methyl sites for hydroxylation is 1.